The average molecular weight is 452 g/mol. The second kappa shape index (κ2) is 11.3. The summed E-state index contributed by atoms with van der Waals surface area (Å²) >= 11 is 0. The first-order chi connectivity index (χ1) is 15.8. The Labute approximate surface area is 197 Å². The fourth-order valence-corrected chi connectivity index (χ4v) is 3.92. The van der Waals surface area contributed by atoms with E-state index in [0.29, 0.717) is 38.6 Å². The molecule has 0 radical (unpaired) electrons. The summed E-state index contributed by atoms with van der Waals surface area (Å²) < 4.78 is 0. The molecule has 1 saturated heterocycles. The lowest BCUT2D eigenvalue weighted by Gasteiger charge is -2.36. The van der Waals surface area contributed by atoms with Gasteiger partial charge in [-0.1, -0.05) is 63.9 Å². The summed E-state index contributed by atoms with van der Waals surface area (Å²) in [5.41, 5.74) is 3.11. The summed E-state index contributed by atoms with van der Waals surface area (Å²) in [5.74, 6) is 1.16. The largest absolute Gasteiger partial charge is 0.352 e. The van der Waals surface area contributed by atoms with Gasteiger partial charge in [0.1, 0.15) is 0 Å². The van der Waals surface area contributed by atoms with Crippen LogP contribution in [0.3, 0.4) is 0 Å². The van der Waals surface area contributed by atoms with Crippen LogP contribution in [0.4, 0.5) is 5.82 Å². The molecule has 2 heterocycles. The molecule has 2 aromatic rings. The second-order valence-electron chi connectivity index (χ2n) is 9.40. The average Bonchev–Trinajstić information content (AvgIpc) is 2.83. The molecule has 1 aliphatic rings. The van der Waals surface area contributed by atoms with E-state index in [-0.39, 0.29) is 24.3 Å². The highest BCUT2D eigenvalue weighted by Gasteiger charge is 2.27. The van der Waals surface area contributed by atoms with Crippen LogP contribution < -0.4 is 4.90 Å². The zero-order valence-electron chi connectivity index (χ0n) is 20.6. The fourth-order valence-electron chi connectivity index (χ4n) is 3.92. The van der Waals surface area contributed by atoms with E-state index in [0.717, 1.165) is 23.5 Å². The van der Waals surface area contributed by atoms with E-state index in [1.165, 1.54) is 5.56 Å². The van der Waals surface area contributed by atoms with Gasteiger partial charge >= 0.3 is 0 Å². The van der Waals surface area contributed by atoms with Crippen molar-refractivity contribution < 1.29 is 9.59 Å². The molecule has 3 rings (SSSR count). The van der Waals surface area contributed by atoms with Crippen molar-refractivity contribution in [1.29, 1.82) is 0 Å². The number of nitrogens with zero attached hydrogens (tertiary/aromatic N) is 5. The van der Waals surface area contributed by atoms with Crippen LogP contribution >= 0.6 is 0 Å². The molecule has 0 bridgehead atoms. The van der Waals surface area contributed by atoms with Crippen LogP contribution in [0.2, 0.25) is 0 Å². The van der Waals surface area contributed by atoms with Gasteiger partial charge in [0, 0.05) is 44.2 Å². The monoisotopic (exact) mass is 451 g/mol. The number of anilines is 1. The third-order valence-electron chi connectivity index (χ3n) is 6.31. The molecule has 2 amide bonds. The molecule has 1 aliphatic heterocycles. The highest BCUT2D eigenvalue weighted by molar-refractivity contribution is 5.85. The van der Waals surface area contributed by atoms with Gasteiger partial charge < -0.3 is 14.7 Å². The third kappa shape index (κ3) is 6.53. The van der Waals surface area contributed by atoms with E-state index in [2.05, 4.69) is 60.1 Å². The second-order valence-corrected chi connectivity index (χ2v) is 9.40. The van der Waals surface area contributed by atoms with Crippen molar-refractivity contribution in [2.45, 2.75) is 41.0 Å². The number of hydrogen-bond donors (Lipinski definition) is 0. The molecular weight excluding hydrogens is 414 g/mol. The normalized spacial score (nSPS) is 15.0. The maximum Gasteiger partial charge on any atom is 0.242 e. The van der Waals surface area contributed by atoms with Crippen LogP contribution in [0.25, 0.3) is 11.3 Å². The Kier molecular flexibility index (Phi) is 8.42. The predicted octanol–water partition coefficient (Wildman–Crippen LogP) is 3.63. The van der Waals surface area contributed by atoms with Crippen LogP contribution in [0.1, 0.15) is 39.7 Å². The van der Waals surface area contributed by atoms with Gasteiger partial charge in [0.2, 0.25) is 11.8 Å². The van der Waals surface area contributed by atoms with Crippen molar-refractivity contribution in [2.75, 3.05) is 44.2 Å². The molecule has 33 heavy (non-hydrogen) atoms. The third-order valence-corrected chi connectivity index (χ3v) is 6.31. The summed E-state index contributed by atoms with van der Waals surface area (Å²) in [7, 11) is 0. The van der Waals surface area contributed by atoms with E-state index in [4.69, 9.17) is 0 Å². The lowest BCUT2D eigenvalue weighted by atomic mass is 10.1. The van der Waals surface area contributed by atoms with E-state index in [1.807, 2.05) is 30.9 Å². The lowest BCUT2D eigenvalue weighted by molar-refractivity contribution is -0.143. The molecule has 1 aromatic heterocycles. The number of amides is 2. The zero-order valence-corrected chi connectivity index (χ0v) is 20.6. The highest BCUT2D eigenvalue weighted by Crippen LogP contribution is 2.20. The van der Waals surface area contributed by atoms with Gasteiger partial charge in [-0.05, 0) is 25.0 Å². The summed E-state index contributed by atoms with van der Waals surface area (Å²) in [6, 6.07) is 12.2. The van der Waals surface area contributed by atoms with Gasteiger partial charge in [0.25, 0.3) is 0 Å². The van der Waals surface area contributed by atoms with Gasteiger partial charge in [-0.15, -0.1) is 10.2 Å². The molecule has 1 atom stereocenters. The maximum atomic E-state index is 13.0. The van der Waals surface area contributed by atoms with E-state index in [9.17, 15) is 9.59 Å². The minimum atomic E-state index is -0.111. The Morgan fingerprint density at radius 2 is 1.64 bits per heavy atom. The number of aromatic nitrogens is 2. The highest BCUT2D eigenvalue weighted by atomic mass is 16.2. The number of benzene rings is 1. The molecule has 0 N–H and O–H groups in total. The molecular formula is C26H37N5O2. The van der Waals surface area contributed by atoms with Gasteiger partial charge in [0.15, 0.2) is 5.82 Å². The molecule has 7 heteroatoms. The number of aryl methyl sites for hydroxylation is 1. The molecule has 0 aliphatic carbocycles. The number of carbonyl (C=O) groups is 2. The van der Waals surface area contributed by atoms with Gasteiger partial charge in [0.05, 0.1) is 12.2 Å². The molecule has 0 saturated carbocycles. The zero-order chi connectivity index (χ0) is 24.0. The summed E-state index contributed by atoms with van der Waals surface area (Å²) in [4.78, 5) is 31.3. The van der Waals surface area contributed by atoms with Crippen molar-refractivity contribution in [3.63, 3.8) is 0 Å². The van der Waals surface area contributed by atoms with E-state index < -0.39 is 0 Å². The van der Waals surface area contributed by atoms with Crippen molar-refractivity contribution in [1.82, 2.24) is 20.0 Å². The summed E-state index contributed by atoms with van der Waals surface area (Å²) in [6.45, 7) is 13.5. The maximum absolute atomic E-state index is 13.0. The standard InChI is InChI=1S/C26H37N5O2/c1-6-20(4)17-31(26(33)19(2)3)18-25(32)30-15-13-29(14-16-30)24-12-11-23(27-28-24)22-9-7-21(5)8-10-22/h7-12,19-20H,6,13-18H2,1-5H3/t20-/m1/s1. The Bertz CT molecular complexity index is 919. The molecule has 1 fully saturated rings. The Morgan fingerprint density at radius 3 is 2.18 bits per heavy atom. The number of rotatable bonds is 8. The van der Waals surface area contributed by atoms with Crippen LogP contribution in [0.15, 0.2) is 36.4 Å². The van der Waals surface area contributed by atoms with Crippen molar-refractivity contribution in [2.24, 2.45) is 11.8 Å². The number of hydrogen-bond acceptors (Lipinski definition) is 5. The predicted molar refractivity (Wildman–Crippen MR) is 132 cm³/mol. The summed E-state index contributed by atoms with van der Waals surface area (Å²) in [6.07, 6.45) is 0.985. The quantitative estimate of drug-likeness (QED) is 0.613. The first kappa shape index (κ1) is 24.7. The molecule has 0 unspecified atom stereocenters. The fraction of sp³-hybridized carbons (Fsp3) is 0.538. The molecule has 1 aromatic carbocycles. The van der Waals surface area contributed by atoms with Crippen LogP contribution in [-0.2, 0) is 9.59 Å². The number of carbonyl (C=O) groups excluding carboxylic acids is 2. The molecule has 7 nitrogen and oxygen atoms in total. The van der Waals surface area contributed by atoms with Crippen molar-refractivity contribution in [3.8, 4) is 11.3 Å². The van der Waals surface area contributed by atoms with E-state index in [1.54, 1.807) is 4.90 Å². The topological polar surface area (TPSA) is 69.6 Å². The molecule has 178 valence electrons. The van der Waals surface area contributed by atoms with E-state index >= 15 is 0 Å². The minimum absolute atomic E-state index is 0.0211. The SMILES string of the molecule is CC[C@@H](C)CN(CC(=O)N1CCN(c2ccc(-c3ccc(C)cc3)nn2)CC1)C(=O)C(C)C. The first-order valence-electron chi connectivity index (χ1n) is 12.0. The van der Waals surface area contributed by atoms with Gasteiger partial charge in [-0.25, -0.2) is 0 Å². The Morgan fingerprint density at radius 1 is 0.970 bits per heavy atom. The molecule has 0 spiro atoms. The van der Waals surface area contributed by atoms with Crippen LogP contribution in [-0.4, -0.2) is 71.1 Å². The van der Waals surface area contributed by atoms with Crippen LogP contribution in [0, 0.1) is 18.8 Å². The van der Waals surface area contributed by atoms with Crippen molar-refractivity contribution >= 4 is 17.6 Å². The number of piperazine rings is 1. The smallest absolute Gasteiger partial charge is 0.242 e. The minimum Gasteiger partial charge on any atom is -0.352 e. The van der Waals surface area contributed by atoms with Crippen molar-refractivity contribution in [3.05, 3.63) is 42.0 Å². The van der Waals surface area contributed by atoms with Gasteiger partial charge in [-0.2, -0.15) is 0 Å². The first-order valence-corrected chi connectivity index (χ1v) is 12.0. The van der Waals surface area contributed by atoms with Gasteiger partial charge in [-0.3, -0.25) is 9.59 Å². The Balaban J connectivity index is 1.56. The van der Waals surface area contributed by atoms with Crippen LogP contribution in [0.5, 0.6) is 0 Å². The summed E-state index contributed by atoms with van der Waals surface area (Å²) in [5, 5.41) is 8.83. The Hall–Kier alpha value is -2.96. The lowest BCUT2D eigenvalue weighted by Crippen LogP contribution is -2.52.